The van der Waals surface area contributed by atoms with Crippen LogP contribution in [0.1, 0.15) is 12.8 Å². The van der Waals surface area contributed by atoms with Crippen LogP contribution in [0.3, 0.4) is 0 Å². The maximum Gasteiger partial charge on any atom is 0.248 e. The Kier molecular flexibility index (Phi) is 3.56. The van der Waals surface area contributed by atoms with Crippen LogP contribution in [0.4, 0.5) is 5.69 Å². The van der Waals surface area contributed by atoms with Crippen molar-refractivity contribution in [3.63, 3.8) is 0 Å². The molecule has 1 unspecified atom stereocenters. The number of allylic oxidation sites excluding steroid dienone is 3. The van der Waals surface area contributed by atoms with Gasteiger partial charge >= 0.3 is 0 Å². The van der Waals surface area contributed by atoms with Crippen LogP contribution in [0.15, 0.2) is 65.1 Å². The Labute approximate surface area is 117 Å². The van der Waals surface area contributed by atoms with Gasteiger partial charge in [-0.05, 0) is 30.5 Å². The number of fused-ring (bicyclic) bond motifs is 1. The topological polar surface area (TPSA) is 29.1 Å². The fourth-order valence-electron chi connectivity index (χ4n) is 2.22. The molecule has 19 heavy (non-hydrogen) atoms. The molecule has 2 aliphatic rings. The monoisotopic (exact) mass is 269 g/mol. The Morgan fingerprint density at radius 2 is 2.05 bits per heavy atom. The molecule has 0 saturated carbocycles. The number of thioether (sulfide) groups is 1. The molecule has 96 valence electrons. The minimum Gasteiger partial charge on any atom is -0.321 e. The SMILES string of the molecule is O=C1C=CC(C2=CCCC=C2)Sc2ccccc2N1. The zero-order valence-electron chi connectivity index (χ0n) is 10.5. The third-order valence-corrected chi connectivity index (χ3v) is 4.47. The van der Waals surface area contributed by atoms with E-state index in [1.165, 1.54) is 5.57 Å². The Morgan fingerprint density at radius 1 is 1.16 bits per heavy atom. The number of anilines is 1. The Bertz CT molecular complexity index is 586. The minimum absolute atomic E-state index is 0.0573. The smallest absolute Gasteiger partial charge is 0.248 e. The molecule has 0 radical (unpaired) electrons. The van der Waals surface area contributed by atoms with Crippen LogP contribution in [0.5, 0.6) is 0 Å². The van der Waals surface area contributed by atoms with Crippen molar-refractivity contribution in [3.8, 4) is 0 Å². The lowest BCUT2D eigenvalue weighted by molar-refractivity contribution is -0.111. The Morgan fingerprint density at radius 3 is 2.89 bits per heavy atom. The van der Waals surface area contributed by atoms with Gasteiger partial charge in [-0.2, -0.15) is 0 Å². The van der Waals surface area contributed by atoms with Crippen molar-refractivity contribution in [1.29, 1.82) is 0 Å². The van der Waals surface area contributed by atoms with E-state index in [9.17, 15) is 4.79 Å². The Balaban J connectivity index is 1.95. The number of amides is 1. The van der Waals surface area contributed by atoms with E-state index in [2.05, 4.69) is 29.6 Å². The van der Waals surface area contributed by atoms with Crippen molar-refractivity contribution in [3.05, 3.63) is 60.2 Å². The molecule has 1 heterocycles. The van der Waals surface area contributed by atoms with Gasteiger partial charge in [0.05, 0.1) is 10.9 Å². The predicted octanol–water partition coefficient (Wildman–Crippen LogP) is 3.93. The second kappa shape index (κ2) is 5.49. The van der Waals surface area contributed by atoms with Crippen LogP contribution in [0.2, 0.25) is 0 Å². The van der Waals surface area contributed by atoms with Crippen LogP contribution >= 0.6 is 11.8 Å². The second-order valence-corrected chi connectivity index (χ2v) is 5.75. The summed E-state index contributed by atoms with van der Waals surface area (Å²) < 4.78 is 0. The standard InChI is InChI=1S/C16H15NOS/c18-16-11-10-14(12-6-2-1-3-7-12)19-15-9-5-4-8-13(15)17-16/h2,4-11,14H,1,3H2,(H,17,18). The van der Waals surface area contributed by atoms with Crippen molar-refractivity contribution in [2.75, 3.05) is 5.32 Å². The maximum atomic E-state index is 11.8. The summed E-state index contributed by atoms with van der Waals surface area (Å²) in [5.41, 5.74) is 2.18. The fraction of sp³-hybridized carbons (Fsp3) is 0.188. The van der Waals surface area contributed by atoms with Crippen LogP contribution < -0.4 is 5.32 Å². The van der Waals surface area contributed by atoms with Gasteiger partial charge in [0, 0.05) is 11.0 Å². The van der Waals surface area contributed by atoms with Gasteiger partial charge in [0.1, 0.15) is 0 Å². The van der Waals surface area contributed by atoms with Gasteiger partial charge in [0.2, 0.25) is 5.91 Å². The molecule has 0 bridgehead atoms. The van der Waals surface area contributed by atoms with Gasteiger partial charge in [-0.25, -0.2) is 0 Å². The van der Waals surface area contributed by atoms with E-state index in [1.54, 1.807) is 17.8 Å². The van der Waals surface area contributed by atoms with Crippen molar-refractivity contribution in [1.82, 2.24) is 0 Å². The Hall–Kier alpha value is -1.74. The molecule has 1 aromatic carbocycles. The molecular weight excluding hydrogens is 254 g/mol. The molecular formula is C16H15NOS. The first-order chi connectivity index (χ1) is 9.33. The van der Waals surface area contributed by atoms with Gasteiger partial charge in [-0.3, -0.25) is 4.79 Å². The lowest BCUT2D eigenvalue weighted by atomic mass is 10.0. The minimum atomic E-state index is -0.0573. The molecule has 0 aromatic heterocycles. The van der Waals surface area contributed by atoms with E-state index in [0.717, 1.165) is 23.4 Å². The van der Waals surface area contributed by atoms with Crippen LogP contribution in [-0.4, -0.2) is 11.2 Å². The summed E-state index contributed by atoms with van der Waals surface area (Å²) in [5.74, 6) is -0.0573. The highest BCUT2D eigenvalue weighted by Crippen LogP contribution is 2.36. The average molecular weight is 269 g/mol. The molecule has 3 heteroatoms. The predicted molar refractivity (Wildman–Crippen MR) is 80.3 cm³/mol. The highest BCUT2D eigenvalue weighted by molar-refractivity contribution is 8.00. The number of nitrogens with one attached hydrogen (secondary N) is 1. The van der Waals surface area contributed by atoms with Crippen molar-refractivity contribution in [2.24, 2.45) is 0 Å². The van der Waals surface area contributed by atoms with Crippen LogP contribution in [0.25, 0.3) is 0 Å². The van der Waals surface area contributed by atoms with E-state index in [0.29, 0.717) is 0 Å². The third kappa shape index (κ3) is 2.82. The molecule has 3 rings (SSSR count). The largest absolute Gasteiger partial charge is 0.321 e. The normalized spacial score (nSPS) is 22.0. The molecule has 1 atom stereocenters. The highest BCUT2D eigenvalue weighted by atomic mass is 32.2. The van der Waals surface area contributed by atoms with E-state index < -0.39 is 0 Å². The highest BCUT2D eigenvalue weighted by Gasteiger charge is 2.17. The van der Waals surface area contributed by atoms with Gasteiger partial charge in [0.15, 0.2) is 0 Å². The van der Waals surface area contributed by atoms with Gasteiger partial charge < -0.3 is 5.32 Å². The number of para-hydroxylation sites is 1. The van der Waals surface area contributed by atoms with Crippen LogP contribution in [-0.2, 0) is 4.79 Å². The summed E-state index contributed by atoms with van der Waals surface area (Å²) >= 11 is 1.78. The van der Waals surface area contributed by atoms with Crippen molar-refractivity contribution < 1.29 is 4.79 Å². The number of hydrogen-bond donors (Lipinski definition) is 1. The van der Waals surface area contributed by atoms with Crippen molar-refractivity contribution >= 4 is 23.4 Å². The summed E-state index contributed by atoms with van der Waals surface area (Å²) in [6.45, 7) is 0. The molecule has 1 N–H and O–H groups in total. The third-order valence-electron chi connectivity index (χ3n) is 3.17. The average Bonchev–Trinajstić information content (AvgIpc) is 2.44. The molecule has 2 nitrogen and oxygen atoms in total. The quantitative estimate of drug-likeness (QED) is 0.837. The van der Waals surface area contributed by atoms with E-state index in [1.807, 2.05) is 24.3 Å². The van der Waals surface area contributed by atoms with Gasteiger partial charge in [-0.15, -0.1) is 11.8 Å². The summed E-state index contributed by atoms with van der Waals surface area (Å²) in [6.07, 6.45) is 12.5. The van der Waals surface area contributed by atoms with E-state index in [4.69, 9.17) is 0 Å². The first kappa shape index (κ1) is 12.3. The molecule has 1 aromatic rings. The summed E-state index contributed by atoms with van der Waals surface area (Å²) in [5, 5.41) is 3.11. The number of benzene rings is 1. The van der Waals surface area contributed by atoms with E-state index in [-0.39, 0.29) is 11.2 Å². The lowest BCUT2D eigenvalue weighted by Crippen LogP contribution is -2.14. The van der Waals surface area contributed by atoms with E-state index >= 15 is 0 Å². The van der Waals surface area contributed by atoms with Crippen LogP contribution in [0, 0.1) is 0 Å². The number of hydrogen-bond acceptors (Lipinski definition) is 2. The summed E-state index contributed by atoms with van der Waals surface area (Å²) in [7, 11) is 0. The number of rotatable bonds is 1. The molecule has 1 amide bonds. The fourth-order valence-corrected chi connectivity index (χ4v) is 3.37. The summed E-state index contributed by atoms with van der Waals surface area (Å²) in [6, 6.07) is 7.95. The molecule has 1 aliphatic heterocycles. The first-order valence-corrected chi connectivity index (χ1v) is 7.32. The second-order valence-electron chi connectivity index (χ2n) is 4.57. The lowest BCUT2D eigenvalue weighted by Gasteiger charge is -2.20. The van der Waals surface area contributed by atoms with Gasteiger partial charge in [0.25, 0.3) is 0 Å². The van der Waals surface area contributed by atoms with Gasteiger partial charge in [-0.1, -0.05) is 36.4 Å². The first-order valence-electron chi connectivity index (χ1n) is 6.44. The zero-order chi connectivity index (χ0) is 13.1. The zero-order valence-corrected chi connectivity index (χ0v) is 11.3. The number of carbonyl (C=O) groups excluding carboxylic acids is 1. The number of carbonyl (C=O) groups is 1. The van der Waals surface area contributed by atoms with Crippen molar-refractivity contribution in [2.45, 2.75) is 23.0 Å². The molecule has 0 saturated heterocycles. The molecule has 0 spiro atoms. The maximum absolute atomic E-state index is 11.8. The summed E-state index contributed by atoms with van der Waals surface area (Å²) in [4.78, 5) is 12.9. The molecule has 1 aliphatic carbocycles. The molecule has 0 fully saturated rings.